The first-order valence-corrected chi connectivity index (χ1v) is 4.05. The predicted molar refractivity (Wildman–Crippen MR) is 58.3 cm³/mol. The van der Waals surface area contributed by atoms with Crippen molar-refractivity contribution in [2.75, 3.05) is 0 Å². The number of aromatic amines is 1. The molecule has 0 aliphatic rings. The maximum atomic E-state index is 4.69. The Bertz CT molecular complexity index is 384. The lowest BCUT2D eigenvalue weighted by Gasteiger charge is -1.83. The van der Waals surface area contributed by atoms with Crippen molar-refractivity contribution in [2.24, 2.45) is 22.4 Å². The van der Waals surface area contributed by atoms with E-state index in [-0.39, 0.29) is 5.96 Å². The van der Waals surface area contributed by atoms with Gasteiger partial charge in [0.1, 0.15) is 0 Å². The third-order valence-corrected chi connectivity index (χ3v) is 1.61. The molecule has 0 atom stereocenters. The average molecular weight is 191 g/mol. The van der Waals surface area contributed by atoms with E-state index in [4.69, 9.17) is 11.5 Å². The van der Waals surface area contributed by atoms with Crippen molar-refractivity contribution >= 4 is 16.9 Å². The van der Waals surface area contributed by atoms with E-state index in [0.29, 0.717) is 0 Å². The van der Waals surface area contributed by atoms with Crippen LogP contribution in [0.2, 0.25) is 0 Å². The Labute approximate surface area is 81.6 Å². The minimum Gasteiger partial charge on any atom is -0.369 e. The molecule has 1 aromatic carbocycles. The van der Waals surface area contributed by atoms with Gasteiger partial charge in [-0.15, -0.1) is 5.10 Å². The maximum absolute atomic E-state index is 4.69. The summed E-state index contributed by atoms with van der Waals surface area (Å²) >= 11 is 0. The summed E-state index contributed by atoms with van der Waals surface area (Å²) in [5.41, 5.74) is 10.6. The zero-order chi connectivity index (χ0) is 10.4. The topological polar surface area (TPSA) is 106 Å². The van der Waals surface area contributed by atoms with E-state index in [1.165, 1.54) is 10.9 Å². The fraction of sp³-hybridized carbons (Fsp3) is 0. The lowest BCUT2D eigenvalue weighted by Crippen LogP contribution is -2.23. The number of para-hydroxylation sites is 1. The Morgan fingerprint density at radius 2 is 1.79 bits per heavy atom. The SMILES string of the molecule is NN=C(N)N.c1ccc2[nH]ccc2c1. The van der Waals surface area contributed by atoms with Crippen LogP contribution in [-0.2, 0) is 0 Å². The Hall–Kier alpha value is -2.17. The zero-order valence-corrected chi connectivity index (χ0v) is 7.64. The number of fused-ring (bicyclic) bond motifs is 1. The van der Waals surface area contributed by atoms with Crippen LogP contribution in [0.3, 0.4) is 0 Å². The summed E-state index contributed by atoms with van der Waals surface area (Å²) in [6, 6.07) is 10.3. The number of rotatable bonds is 0. The molecule has 0 aliphatic heterocycles. The molecule has 0 spiro atoms. The first-order valence-electron chi connectivity index (χ1n) is 4.05. The normalized spacial score (nSPS) is 8.86. The maximum Gasteiger partial charge on any atom is 0.208 e. The van der Waals surface area contributed by atoms with Crippen LogP contribution < -0.4 is 17.3 Å². The van der Waals surface area contributed by atoms with Crippen LogP contribution >= 0.6 is 0 Å². The fourth-order valence-corrected chi connectivity index (χ4v) is 0.995. The van der Waals surface area contributed by atoms with Crippen LogP contribution in [0.25, 0.3) is 10.9 Å². The van der Waals surface area contributed by atoms with Gasteiger partial charge in [-0.2, -0.15) is 0 Å². The summed E-state index contributed by atoms with van der Waals surface area (Å²) in [5.74, 6) is 4.42. The summed E-state index contributed by atoms with van der Waals surface area (Å²) in [5, 5.41) is 4.14. The van der Waals surface area contributed by atoms with E-state index >= 15 is 0 Å². The number of nitrogens with zero attached hydrogens (tertiary/aromatic N) is 1. The summed E-state index contributed by atoms with van der Waals surface area (Å²) in [4.78, 5) is 3.12. The van der Waals surface area contributed by atoms with Gasteiger partial charge in [-0.1, -0.05) is 18.2 Å². The lowest BCUT2D eigenvalue weighted by molar-refractivity contribution is 1.21. The van der Waals surface area contributed by atoms with E-state index < -0.39 is 0 Å². The fourth-order valence-electron chi connectivity index (χ4n) is 0.995. The van der Waals surface area contributed by atoms with Crippen molar-refractivity contribution in [3.8, 4) is 0 Å². The van der Waals surface area contributed by atoms with Gasteiger partial charge in [0.15, 0.2) is 0 Å². The van der Waals surface area contributed by atoms with E-state index in [0.717, 1.165) is 0 Å². The summed E-state index contributed by atoms with van der Waals surface area (Å²) in [6.45, 7) is 0. The van der Waals surface area contributed by atoms with Gasteiger partial charge in [0.05, 0.1) is 0 Å². The number of guanidine groups is 1. The van der Waals surface area contributed by atoms with Gasteiger partial charge in [0, 0.05) is 11.7 Å². The van der Waals surface area contributed by atoms with Crippen molar-refractivity contribution in [3.63, 3.8) is 0 Å². The molecule has 14 heavy (non-hydrogen) atoms. The molecule has 2 aromatic rings. The largest absolute Gasteiger partial charge is 0.369 e. The van der Waals surface area contributed by atoms with Gasteiger partial charge < -0.3 is 22.3 Å². The average Bonchev–Trinajstić information content (AvgIpc) is 2.66. The van der Waals surface area contributed by atoms with Gasteiger partial charge >= 0.3 is 0 Å². The number of hydrogen-bond donors (Lipinski definition) is 4. The molecule has 5 heteroatoms. The minimum atomic E-state index is -0.0926. The summed E-state index contributed by atoms with van der Waals surface area (Å²) in [6.07, 6.45) is 1.95. The van der Waals surface area contributed by atoms with Crippen LogP contribution in [0.5, 0.6) is 0 Å². The third-order valence-electron chi connectivity index (χ3n) is 1.61. The molecule has 0 saturated carbocycles. The monoisotopic (exact) mass is 191 g/mol. The van der Waals surface area contributed by atoms with Crippen LogP contribution in [-0.4, -0.2) is 10.9 Å². The molecule has 7 N–H and O–H groups in total. The number of aromatic nitrogens is 1. The van der Waals surface area contributed by atoms with Gasteiger partial charge in [-0.3, -0.25) is 0 Å². The van der Waals surface area contributed by atoms with Crippen molar-refractivity contribution in [1.29, 1.82) is 0 Å². The molecule has 0 saturated heterocycles. The number of benzene rings is 1. The molecule has 0 unspecified atom stereocenters. The molecular formula is C9H13N5. The van der Waals surface area contributed by atoms with E-state index in [2.05, 4.69) is 34.1 Å². The second kappa shape index (κ2) is 4.76. The Kier molecular flexibility index (Phi) is 3.37. The van der Waals surface area contributed by atoms with Crippen molar-refractivity contribution in [1.82, 2.24) is 4.98 Å². The first-order chi connectivity index (χ1) is 6.74. The van der Waals surface area contributed by atoms with Gasteiger partial charge in [0.25, 0.3) is 0 Å². The van der Waals surface area contributed by atoms with Crippen LogP contribution in [0, 0.1) is 0 Å². The standard InChI is InChI=1S/C8H7N.CH6N4/c1-2-4-8-7(3-1)5-6-9-8;2-1(3)5-4/h1-6,9H;4H2,(H4,2,3,5). The molecule has 0 aliphatic carbocycles. The highest BCUT2D eigenvalue weighted by molar-refractivity contribution is 5.78. The van der Waals surface area contributed by atoms with E-state index in [1.54, 1.807) is 0 Å². The van der Waals surface area contributed by atoms with E-state index in [1.807, 2.05) is 18.3 Å². The molecular weight excluding hydrogens is 178 g/mol. The van der Waals surface area contributed by atoms with Crippen LogP contribution in [0.1, 0.15) is 0 Å². The van der Waals surface area contributed by atoms with Gasteiger partial charge in [-0.25, -0.2) is 0 Å². The number of hydrogen-bond acceptors (Lipinski definition) is 2. The molecule has 0 bridgehead atoms. The van der Waals surface area contributed by atoms with Crippen molar-refractivity contribution in [2.45, 2.75) is 0 Å². The second-order valence-corrected chi connectivity index (χ2v) is 2.62. The predicted octanol–water partition coefficient (Wildman–Crippen LogP) is 0.301. The lowest BCUT2D eigenvalue weighted by atomic mass is 10.3. The van der Waals surface area contributed by atoms with Crippen molar-refractivity contribution in [3.05, 3.63) is 36.5 Å². The summed E-state index contributed by atoms with van der Waals surface area (Å²) < 4.78 is 0. The Morgan fingerprint density at radius 3 is 2.36 bits per heavy atom. The minimum absolute atomic E-state index is 0.0926. The molecule has 0 radical (unpaired) electrons. The number of H-pyrrole nitrogens is 1. The second-order valence-electron chi connectivity index (χ2n) is 2.62. The number of nitrogens with one attached hydrogen (secondary N) is 1. The molecule has 1 heterocycles. The highest BCUT2D eigenvalue weighted by Gasteiger charge is 1.86. The molecule has 1 aromatic heterocycles. The molecule has 74 valence electrons. The summed E-state index contributed by atoms with van der Waals surface area (Å²) in [7, 11) is 0. The van der Waals surface area contributed by atoms with Crippen molar-refractivity contribution < 1.29 is 0 Å². The first kappa shape index (κ1) is 9.91. The van der Waals surface area contributed by atoms with Crippen LogP contribution in [0.15, 0.2) is 41.6 Å². The van der Waals surface area contributed by atoms with Gasteiger partial charge in [-0.05, 0) is 17.5 Å². The Balaban J connectivity index is 0.000000171. The van der Waals surface area contributed by atoms with Gasteiger partial charge in [0.2, 0.25) is 5.96 Å². The highest BCUT2D eigenvalue weighted by atomic mass is 15.2. The Morgan fingerprint density at radius 1 is 1.14 bits per heavy atom. The number of hydrazone groups is 1. The molecule has 0 fully saturated rings. The number of nitrogens with two attached hydrogens (primary N) is 3. The highest BCUT2D eigenvalue weighted by Crippen LogP contribution is 2.09. The smallest absolute Gasteiger partial charge is 0.208 e. The van der Waals surface area contributed by atoms with E-state index in [9.17, 15) is 0 Å². The molecule has 5 nitrogen and oxygen atoms in total. The third kappa shape index (κ3) is 2.71. The molecule has 2 rings (SSSR count). The zero-order valence-electron chi connectivity index (χ0n) is 7.64. The van der Waals surface area contributed by atoms with Crippen LogP contribution in [0.4, 0.5) is 0 Å². The molecule has 0 amide bonds. The quantitative estimate of drug-likeness (QED) is 0.208.